The van der Waals surface area contributed by atoms with E-state index in [2.05, 4.69) is 16.7 Å². The van der Waals surface area contributed by atoms with Crippen molar-refractivity contribution in [2.24, 2.45) is 0 Å². The number of carbonyl (C=O) groups excluding carboxylic acids is 2. The number of aryl methyl sites for hydroxylation is 2. The molecular weight excluding hydrogens is 376 g/mol. The zero-order valence-corrected chi connectivity index (χ0v) is 16.9. The maximum Gasteiger partial charge on any atom is 0.228 e. The molecule has 0 atom stereocenters. The number of anilines is 2. The van der Waals surface area contributed by atoms with E-state index in [0.29, 0.717) is 12.8 Å². The molecule has 3 aromatic rings. The summed E-state index contributed by atoms with van der Waals surface area (Å²) in [6, 6.07) is 21.2. The molecule has 4 rings (SSSR count). The summed E-state index contributed by atoms with van der Waals surface area (Å²) in [7, 11) is 0. The molecule has 0 bridgehead atoms. The zero-order chi connectivity index (χ0) is 20.9. The van der Waals surface area contributed by atoms with Crippen LogP contribution in [0.1, 0.15) is 29.5 Å². The molecule has 5 heteroatoms. The maximum absolute atomic E-state index is 12.2. The second-order valence-corrected chi connectivity index (χ2v) is 7.56. The van der Waals surface area contributed by atoms with Gasteiger partial charge in [-0.15, -0.1) is 0 Å². The number of benzene rings is 3. The normalized spacial score (nSPS) is 12.2. The molecule has 1 aliphatic rings. The number of rotatable bonds is 7. The van der Waals surface area contributed by atoms with Crippen molar-refractivity contribution in [3.63, 3.8) is 0 Å². The topological polar surface area (TPSA) is 67.4 Å². The van der Waals surface area contributed by atoms with Crippen LogP contribution < -0.4 is 15.4 Å². The molecular formula is C25H24N2O3. The molecule has 1 heterocycles. The Morgan fingerprint density at radius 1 is 1.03 bits per heavy atom. The highest BCUT2D eigenvalue weighted by molar-refractivity contribution is 5.99. The van der Waals surface area contributed by atoms with Crippen LogP contribution in [0.5, 0.6) is 11.5 Å². The van der Waals surface area contributed by atoms with Gasteiger partial charge in [0.2, 0.25) is 11.8 Å². The average molecular weight is 400 g/mol. The molecule has 2 N–H and O–H groups in total. The van der Waals surface area contributed by atoms with E-state index in [4.69, 9.17) is 4.74 Å². The third-order valence-electron chi connectivity index (χ3n) is 5.03. The van der Waals surface area contributed by atoms with E-state index in [0.717, 1.165) is 52.4 Å². The van der Waals surface area contributed by atoms with Crippen LogP contribution in [0.2, 0.25) is 0 Å². The molecule has 1 aliphatic heterocycles. The fourth-order valence-corrected chi connectivity index (χ4v) is 3.54. The van der Waals surface area contributed by atoms with Crippen LogP contribution in [0, 0.1) is 6.92 Å². The smallest absolute Gasteiger partial charge is 0.228 e. The molecule has 0 spiro atoms. The van der Waals surface area contributed by atoms with Gasteiger partial charge in [0.1, 0.15) is 11.5 Å². The lowest BCUT2D eigenvalue weighted by molar-refractivity contribution is -0.116. The first-order valence-corrected chi connectivity index (χ1v) is 10.1. The molecule has 0 radical (unpaired) electrons. The molecule has 5 nitrogen and oxygen atoms in total. The summed E-state index contributed by atoms with van der Waals surface area (Å²) in [5.41, 5.74) is 4.97. The van der Waals surface area contributed by atoms with Gasteiger partial charge in [-0.05, 0) is 78.9 Å². The third kappa shape index (κ3) is 5.06. The first-order chi connectivity index (χ1) is 14.5. The van der Waals surface area contributed by atoms with E-state index >= 15 is 0 Å². The van der Waals surface area contributed by atoms with E-state index in [-0.39, 0.29) is 11.8 Å². The summed E-state index contributed by atoms with van der Waals surface area (Å²) in [6.45, 7) is 2.02. The van der Waals surface area contributed by atoms with Gasteiger partial charge in [-0.25, -0.2) is 0 Å². The first-order valence-electron chi connectivity index (χ1n) is 10.1. The molecule has 0 aliphatic carbocycles. The lowest BCUT2D eigenvalue weighted by Gasteiger charge is -2.09. The predicted octanol–water partition coefficient (Wildman–Crippen LogP) is 5.24. The minimum Gasteiger partial charge on any atom is -0.457 e. The third-order valence-corrected chi connectivity index (χ3v) is 5.03. The van der Waals surface area contributed by atoms with Gasteiger partial charge in [0.15, 0.2) is 0 Å². The number of nitrogens with one attached hydrogen (secondary N) is 2. The number of fused-ring (bicyclic) bond motifs is 1. The van der Waals surface area contributed by atoms with E-state index in [1.165, 1.54) is 0 Å². The summed E-state index contributed by atoms with van der Waals surface area (Å²) in [5, 5.41) is 5.76. The molecule has 0 unspecified atom stereocenters. The molecule has 0 aromatic heterocycles. The Morgan fingerprint density at radius 3 is 2.67 bits per heavy atom. The van der Waals surface area contributed by atoms with Gasteiger partial charge in [0.25, 0.3) is 0 Å². The number of ether oxygens (including phenoxy) is 1. The van der Waals surface area contributed by atoms with Gasteiger partial charge in [-0.2, -0.15) is 0 Å². The van der Waals surface area contributed by atoms with E-state index in [9.17, 15) is 9.59 Å². The highest BCUT2D eigenvalue weighted by Gasteiger charge is 2.17. The summed E-state index contributed by atoms with van der Waals surface area (Å²) in [5.74, 6) is 1.54. The lowest BCUT2D eigenvalue weighted by atomic mass is 10.0. The fourth-order valence-electron chi connectivity index (χ4n) is 3.54. The van der Waals surface area contributed by atoms with Gasteiger partial charge in [0, 0.05) is 17.8 Å². The Labute approximate surface area is 176 Å². The quantitative estimate of drug-likeness (QED) is 0.570. The molecule has 30 heavy (non-hydrogen) atoms. The Hall–Kier alpha value is -3.60. The standard InChI is InChI=1S/C25H24N2O3/c1-17-4-2-6-22(14-17)30-21-11-9-20(10-12-21)26-24(28)7-3-5-18-8-13-23-19(15-18)16-25(29)27-23/h2,4,6,8-15H,3,5,7,16H2,1H3,(H,26,28)(H,27,29). The highest BCUT2D eigenvalue weighted by atomic mass is 16.5. The largest absolute Gasteiger partial charge is 0.457 e. The number of carbonyl (C=O) groups is 2. The van der Waals surface area contributed by atoms with Crippen molar-refractivity contribution in [2.75, 3.05) is 10.6 Å². The highest BCUT2D eigenvalue weighted by Crippen LogP contribution is 2.25. The van der Waals surface area contributed by atoms with Gasteiger partial charge >= 0.3 is 0 Å². The van der Waals surface area contributed by atoms with Crippen molar-refractivity contribution in [3.8, 4) is 11.5 Å². The second kappa shape index (κ2) is 8.82. The number of amides is 2. The second-order valence-electron chi connectivity index (χ2n) is 7.56. The maximum atomic E-state index is 12.2. The molecule has 0 fully saturated rings. The van der Waals surface area contributed by atoms with Crippen molar-refractivity contribution < 1.29 is 14.3 Å². The van der Waals surface area contributed by atoms with Crippen LogP contribution in [0.4, 0.5) is 11.4 Å². The summed E-state index contributed by atoms with van der Waals surface area (Å²) in [6.07, 6.45) is 2.43. The van der Waals surface area contributed by atoms with E-state index in [1.54, 1.807) is 0 Å². The van der Waals surface area contributed by atoms with Crippen LogP contribution in [0.3, 0.4) is 0 Å². The van der Waals surface area contributed by atoms with E-state index in [1.807, 2.05) is 67.6 Å². The van der Waals surface area contributed by atoms with Gasteiger partial charge in [-0.3, -0.25) is 9.59 Å². The number of hydrogen-bond donors (Lipinski definition) is 2. The fraction of sp³-hybridized carbons (Fsp3) is 0.200. The Morgan fingerprint density at radius 2 is 1.87 bits per heavy atom. The minimum absolute atomic E-state index is 0.0136. The van der Waals surface area contributed by atoms with Crippen LogP contribution in [-0.2, 0) is 22.4 Å². The molecule has 0 saturated heterocycles. The predicted molar refractivity (Wildman–Crippen MR) is 118 cm³/mol. The Balaban J connectivity index is 1.24. The van der Waals surface area contributed by atoms with Crippen molar-refractivity contribution in [2.45, 2.75) is 32.6 Å². The van der Waals surface area contributed by atoms with Gasteiger partial charge in [-0.1, -0.05) is 24.3 Å². The van der Waals surface area contributed by atoms with Crippen LogP contribution in [-0.4, -0.2) is 11.8 Å². The zero-order valence-electron chi connectivity index (χ0n) is 16.9. The Bertz CT molecular complexity index is 1070. The molecule has 0 saturated carbocycles. The Kier molecular flexibility index (Phi) is 5.80. The lowest BCUT2D eigenvalue weighted by Crippen LogP contribution is -2.11. The van der Waals surface area contributed by atoms with Gasteiger partial charge < -0.3 is 15.4 Å². The summed E-state index contributed by atoms with van der Waals surface area (Å²) >= 11 is 0. The molecule has 152 valence electrons. The first kappa shape index (κ1) is 19.7. The summed E-state index contributed by atoms with van der Waals surface area (Å²) < 4.78 is 5.83. The van der Waals surface area contributed by atoms with Crippen molar-refractivity contribution >= 4 is 23.2 Å². The van der Waals surface area contributed by atoms with Crippen molar-refractivity contribution in [3.05, 3.63) is 83.4 Å². The minimum atomic E-state index is -0.0136. The van der Waals surface area contributed by atoms with E-state index < -0.39 is 0 Å². The summed E-state index contributed by atoms with van der Waals surface area (Å²) in [4.78, 5) is 23.7. The SMILES string of the molecule is Cc1cccc(Oc2ccc(NC(=O)CCCc3ccc4c(c3)CC(=O)N4)cc2)c1. The number of hydrogen-bond acceptors (Lipinski definition) is 3. The van der Waals surface area contributed by atoms with Gasteiger partial charge in [0.05, 0.1) is 6.42 Å². The van der Waals surface area contributed by atoms with Crippen LogP contribution in [0.15, 0.2) is 66.7 Å². The van der Waals surface area contributed by atoms with Crippen LogP contribution >= 0.6 is 0 Å². The van der Waals surface area contributed by atoms with Crippen LogP contribution in [0.25, 0.3) is 0 Å². The molecule has 2 amide bonds. The average Bonchev–Trinajstić information content (AvgIpc) is 3.09. The van der Waals surface area contributed by atoms with Crippen molar-refractivity contribution in [1.29, 1.82) is 0 Å². The monoisotopic (exact) mass is 400 g/mol. The molecule has 3 aromatic carbocycles. The van der Waals surface area contributed by atoms with Crippen molar-refractivity contribution in [1.82, 2.24) is 0 Å².